The lowest BCUT2D eigenvalue weighted by atomic mass is 9.91. The van der Waals surface area contributed by atoms with E-state index < -0.39 is 17.7 Å². The molecule has 1 aliphatic carbocycles. The molecule has 0 radical (unpaired) electrons. The van der Waals surface area contributed by atoms with Crippen LogP contribution in [-0.2, 0) is 10.9 Å². The first-order valence-corrected chi connectivity index (χ1v) is 10.0. The van der Waals surface area contributed by atoms with E-state index in [1.165, 1.54) is 19.2 Å². The van der Waals surface area contributed by atoms with E-state index in [0.29, 0.717) is 43.0 Å². The number of aryl methyl sites for hydroxylation is 1. The van der Waals surface area contributed by atoms with Crippen molar-refractivity contribution in [1.29, 1.82) is 0 Å². The van der Waals surface area contributed by atoms with Crippen LogP contribution in [0.15, 0.2) is 24.3 Å². The van der Waals surface area contributed by atoms with Crippen molar-refractivity contribution in [3.8, 4) is 0 Å². The molecule has 30 heavy (non-hydrogen) atoms. The Morgan fingerprint density at radius 3 is 2.33 bits per heavy atom. The predicted molar refractivity (Wildman–Crippen MR) is 105 cm³/mol. The van der Waals surface area contributed by atoms with Gasteiger partial charge in [0.25, 0.3) is 0 Å². The van der Waals surface area contributed by atoms with Crippen LogP contribution in [0.1, 0.15) is 51.6 Å². The summed E-state index contributed by atoms with van der Waals surface area (Å²) in [5.41, 5.74) is 1.55. The molecule has 0 amide bonds. The molecule has 1 unspecified atom stereocenters. The molecule has 1 aromatic carbocycles. The van der Waals surface area contributed by atoms with Crippen molar-refractivity contribution in [2.75, 3.05) is 25.1 Å². The second kappa shape index (κ2) is 7.56. The molecular formula is C22H24F3N3O2. The van der Waals surface area contributed by atoms with Gasteiger partial charge in [-0.1, -0.05) is 18.2 Å². The van der Waals surface area contributed by atoms with E-state index >= 15 is 0 Å². The number of methoxy groups -OCH3 is 1. The maximum absolute atomic E-state index is 13.4. The third-order valence-corrected chi connectivity index (χ3v) is 6.50. The molecule has 2 aliphatic rings. The highest BCUT2D eigenvalue weighted by Crippen LogP contribution is 2.49. The summed E-state index contributed by atoms with van der Waals surface area (Å²) in [4.78, 5) is 23.1. The Morgan fingerprint density at radius 1 is 1.10 bits per heavy atom. The number of carbonyl (C=O) groups excluding carboxylic acids is 1. The van der Waals surface area contributed by atoms with Gasteiger partial charge in [0.15, 0.2) is 5.69 Å². The number of alkyl halides is 3. The summed E-state index contributed by atoms with van der Waals surface area (Å²) in [6.45, 7) is 4.97. The van der Waals surface area contributed by atoms with E-state index in [1.54, 1.807) is 19.1 Å². The van der Waals surface area contributed by atoms with E-state index in [2.05, 4.69) is 9.97 Å². The third-order valence-electron chi connectivity index (χ3n) is 6.50. The van der Waals surface area contributed by atoms with Crippen molar-refractivity contribution in [1.82, 2.24) is 9.97 Å². The summed E-state index contributed by atoms with van der Waals surface area (Å²) >= 11 is 0. The summed E-state index contributed by atoms with van der Waals surface area (Å²) in [6.07, 6.45) is -2.91. The summed E-state index contributed by atoms with van der Waals surface area (Å²) in [6, 6.07) is 5.91. The number of ether oxygens (including phenoxy) is 1. The third kappa shape index (κ3) is 3.63. The molecule has 1 aromatic heterocycles. The topological polar surface area (TPSA) is 55.3 Å². The molecule has 0 N–H and O–H groups in total. The van der Waals surface area contributed by atoms with Crippen LogP contribution >= 0.6 is 0 Å². The zero-order valence-corrected chi connectivity index (χ0v) is 17.2. The van der Waals surface area contributed by atoms with Gasteiger partial charge in [-0.25, -0.2) is 14.8 Å². The number of esters is 1. The van der Waals surface area contributed by atoms with E-state index in [-0.39, 0.29) is 23.4 Å². The minimum atomic E-state index is -4.34. The number of hydrogen-bond acceptors (Lipinski definition) is 5. The lowest BCUT2D eigenvalue weighted by Gasteiger charge is -2.22. The number of aromatic nitrogens is 2. The zero-order chi connectivity index (χ0) is 21.6. The second-order valence-corrected chi connectivity index (χ2v) is 8.25. The van der Waals surface area contributed by atoms with Crippen LogP contribution < -0.4 is 4.90 Å². The maximum atomic E-state index is 13.4. The number of benzene rings is 1. The van der Waals surface area contributed by atoms with Crippen molar-refractivity contribution in [3.05, 3.63) is 52.3 Å². The normalized spacial score (nSPS) is 23.5. The van der Waals surface area contributed by atoms with Gasteiger partial charge in [-0.3, -0.25) is 0 Å². The van der Waals surface area contributed by atoms with Gasteiger partial charge in [-0.05, 0) is 56.1 Å². The Bertz CT molecular complexity index is 963. The molecule has 4 rings (SSSR count). The Morgan fingerprint density at radius 2 is 1.73 bits per heavy atom. The number of nitrogens with zero attached hydrogens (tertiary/aromatic N) is 3. The number of rotatable bonds is 3. The van der Waals surface area contributed by atoms with Gasteiger partial charge in [0, 0.05) is 24.3 Å². The zero-order valence-electron chi connectivity index (χ0n) is 17.2. The first-order chi connectivity index (χ1) is 14.2. The number of anilines is 1. The quantitative estimate of drug-likeness (QED) is 0.685. The molecule has 2 aromatic rings. The fourth-order valence-corrected chi connectivity index (χ4v) is 4.88. The highest BCUT2D eigenvalue weighted by Gasteiger charge is 2.44. The first-order valence-electron chi connectivity index (χ1n) is 10.0. The molecular weight excluding hydrogens is 395 g/mol. The number of hydrogen-bond donors (Lipinski definition) is 0. The van der Waals surface area contributed by atoms with Crippen molar-refractivity contribution >= 4 is 11.9 Å². The monoisotopic (exact) mass is 419 g/mol. The number of fused-ring (bicyclic) bond motifs is 1. The molecule has 1 saturated heterocycles. The fraction of sp³-hybridized carbons (Fsp3) is 0.500. The Kier molecular flexibility index (Phi) is 5.20. The number of halogens is 3. The molecule has 2 heterocycles. The van der Waals surface area contributed by atoms with Gasteiger partial charge in [-0.2, -0.15) is 13.2 Å². The first kappa shape index (κ1) is 20.6. The SMILES string of the molecule is COC(=O)c1nc(N2C[C@H]3CC(c4ccccc4C(F)(F)F)C[C@H]3C2)nc(C)c1C. The van der Waals surface area contributed by atoms with E-state index in [1.807, 2.05) is 11.8 Å². The summed E-state index contributed by atoms with van der Waals surface area (Å²) < 4.78 is 45.1. The number of carbonyl (C=O) groups is 1. The van der Waals surface area contributed by atoms with Gasteiger partial charge in [0.2, 0.25) is 5.95 Å². The van der Waals surface area contributed by atoms with Crippen molar-refractivity contribution in [2.24, 2.45) is 11.8 Å². The summed E-state index contributed by atoms with van der Waals surface area (Å²) in [5.74, 6) is 0.458. The molecule has 160 valence electrons. The standard InChI is InChI=1S/C22H24F3N3O2/c1-12-13(2)26-21(27-19(12)20(29)30-3)28-10-15-8-14(9-16(15)11-28)17-6-4-5-7-18(17)22(23,24)25/h4-7,14-16H,8-11H2,1-3H3/t14?,15-,16+. The van der Waals surface area contributed by atoms with Crippen LogP contribution in [-0.4, -0.2) is 36.1 Å². The van der Waals surface area contributed by atoms with Crippen LogP contribution in [0.4, 0.5) is 19.1 Å². The molecule has 2 fully saturated rings. The highest BCUT2D eigenvalue weighted by atomic mass is 19.4. The minimum Gasteiger partial charge on any atom is -0.464 e. The predicted octanol–water partition coefficient (Wildman–Crippen LogP) is 4.53. The van der Waals surface area contributed by atoms with Crippen molar-refractivity contribution < 1.29 is 22.7 Å². The van der Waals surface area contributed by atoms with Crippen LogP contribution in [0.5, 0.6) is 0 Å². The average molecular weight is 419 g/mol. The van der Waals surface area contributed by atoms with Crippen LogP contribution in [0.25, 0.3) is 0 Å². The molecule has 0 bridgehead atoms. The van der Waals surface area contributed by atoms with Gasteiger partial charge < -0.3 is 9.64 Å². The summed E-state index contributed by atoms with van der Waals surface area (Å²) in [7, 11) is 1.32. The van der Waals surface area contributed by atoms with Crippen LogP contribution in [0.3, 0.4) is 0 Å². The Labute approximate surface area is 173 Å². The molecule has 5 nitrogen and oxygen atoms in total. The van der Waals surface area contributed by atoms with E-state index in [4.69, 9.17) is 4.74 Å². The Balaban J connectivity index is 1.53. The van der Waals surface area contributed by atoms with Crippen LogP contribution in [0.2, 0.25) is 0 Å². The van der Waals surface area contributed by atoms with E-state index in [0.717, 1.165) is 5.69 Å². The molecule has 1 saturated carbocycles. The molecule has 0 spiro atoms. The molecule has 8 heteroatoms. The van der Waals surface area contributed by atoms with Crippen molar-refractivity contribution in [3.63, 3.8) is 0 Å². The Hall–Kier alpha value is -2.64. The van der Waals surface area contributed by atoms with Gasteiger partial charge >= 0.3 is 12.1 Å². The largest absolute Gasteiger partial charge is 0.464 e. The second-order valence-electron chi connectivity index (χ2n) is 8.25. The van der Waals surface area contributed by atoms with Crippen LogP contribution in [0, 0.1) is 25.7 Å². The molecule has 3 atom stereocenters. The maximum Gasteiger partial charge on any atom is 0.416 e. The van der Waals surface area contributed by atoms with E-state index in [9.17, 15) is 18.0 Å². The fourth-order valence-electron chi connectivity index (χ4n) is 4.88. The average Bonchev–Trinajstić information content (AvgIpc) is 3.28. The van der Waals surface area contributed by atoms with Gasteiger partial charge in [0.05, 0.1) is 12.7 Å². The summed E-state index contributed by atoms with van der Waals surface area (Å²) in [5, 5.41) is 0. The van der Waals surface area contributed by atoms with Gasteiger partial charge in [0.1, 0.15) is 0 Å². The minimum absolute atomic E-state index is 0.0914. The highest BCUT2D eigenvalue weighted by molar-refractivity contribution is 5.89. The smallest absolute Gasteiger partial charge is 0.416 e. The lowest BCUT2D eigenvalue weighted by molar-refractivity contribution is -0.138. The molecule has 1 aliphatic heterocycles. The lowest BCUT2D eigenvalue weighted by Crippen LogP contribution is -2.26. The van der Waals surface area contributed by atoms with Gasteiger partial charge in [-0.15, -0.1) is 0 Å². The van der Waals surface area contributed by atoms with Crippen molar-refractivity contribution in [2.45, 2.75) is 38.8 Å².